The van der Waals surface area contributed by atoms with Gasteiger partial charge in [-0.2, -0.15) is 0 Å². The first-order chi connectivity index (χ1) is 12.0. The van der Waals surface area contributed by atoms with Crippen LogP contribution in [0.25, 0.3) is 0 Å². The van der Waals surface area contributed by atoms with Crippen LogP contribution < -0.4 is 10.6 Å². The van der Waals surface area contributed by atoms with Gasteiger partial charge in [-0.15, -0.1) is 11.6 Å². The van der Waals surface area contributed by atoms with Crippen LogP contribution in [0.2, 0.25) is 0 Å². The van der Waals surface area contributed by atoms with E-state index >= 15 is 0 Å². The second kappa shape index (κ2) is 6.31. The van der Waals surface area contributed by atoms with Gasteiger partial charge in [-0.25, -0.2) is 0 Å². The number of benzene rings is 1. The summed E-state index contributed by atoms with van der Waals surface area (Å²) >= 11 is 6.79. The van der Waals surface area contributed by atoms with Crippen LogP contribution in [0.5, 0.6) is 0 Å². The van der Waals surface area contributed by atoms with Crippen molar-refractivity contribution in [3.8, 4) is 0 Å². The zero-order valence-electron chi connectivity index (χ0n) is 14.4. The average molecular weight is 361 g/mol. The number of amides is 2. The SMILES string of the molecule is O=C(CNC(=O)C12C[C@@H]3C[C@@H](CC(Cl)(C3)C1)C2)NCc1ccccc1. The first kappa shape index (κ1) is 16.9. The van der Waals surface area contributed by atoms with Crippen LogP contribution in [0.15, 0.2) is 30.3 Å². The Balaban J connectivity index is 1.31. The Labute approximate surface area is 153 Å². The predicted octanol–water partition coefficient (Wildman–Crippen LogP) is 3.00. The van der Waals surface area contributed by atoms with Crippen LogP contribution in [0.1, 0.15) is 44.1 Å². The Morgan fingerprint density at radius 2 is 1.72 bits per heavy atom. The van der Waals surface area contributed by atoms with Crippen molar-refractivity contribution in [3.63, 3.8) is 0 Å². The van der Waals surface area contributed by atoms with E-state index in [2.05, 4.69) is 10.6 Å². The van der Waals surface area contributed by atoms with E-state index in [9.17, 15) is 9.59 Å². The molecule has 4 aliphatic rings. The van der Waals surface area contributed by atoms with Crippen molar-refractivity contribution < 1.29 is 9.59 Å². The number of alkyl halides is 1. The number of nitrogens with one attached hydrogen (secondary N) is 2. The molecule has 2 unspecified atom stereocenters. The minimum Gasteiger partial charge on any atom is -0.350 e. The number of hydrogen-bond donors (Lipinski definition) is 2. The van der Waals surface area contributed by atoms with Gasteiger partial charge in [-0.3, -0.25) is 9.59 Å². The Bertz CT molecular complexity index is 662. The fourth-order valence-corrected chi connectivity index (χ4v) is 6.32. The van der Waals surface area contributed by atoms with Gasteiger partial charge in [0.25, 0.3) is 0 Å². The second-order valence-electron chi connectivity index (χ2n) is 8.34. The molecule has 4 atom stereocenters. The summed E-state index contributed by atoms with van der Waals surface area (Å²) in [7, 11) is 0. The van der Waals surface area contributed by atoms with Crippen LogP contribution >= 0.6 is 11.6 Å². The third kappa shape index (κ3) is 3.41. The van der Waals surface area contributed by atoms with Crippen molar-refractivity contribution in [1.82, 2.24) is 10.6 Å². The van der Waals surface area contributed by atoms with Gasteiger partial charge in [0.05, 0.1) is 12.0 Å². The fraction of sp³-hybridized carbons (Fsp3) is 0.600. The first-order valence-corrected chi connectivity index (χ1v) is 9.62. The van der Waals surface area contributed by atoms with E-state index < -0.39 is 0 Å². The molecular formula is C20H25ClN2O2. The summed E-state index contributed by atoms with van der Waals surface area (Å²) in [5.41, 5.74) is 0.707. The first-order valence-electron chi connectivity index (χ1n) is 9.24. The molecule has 1 aromatic rings. The largest absolute Gasteiger partial charge is 0.350 e. The van der Waals surface area contributed by atoms with Gasteiger partial charge < -0.3 is 10.6 Å². The van der Waals surface area contributed by atoms with Gasteiger partial charge in [0.15, 0.2) is 0 Å². The minimum atomic E-state index is -0.342. The molecule has 4 fully saturated rings. The lowest BCUT2D eigenvalue weighted by molar-refractivity contribution is -0.145. The monoisotopic (exact) mass is 360 g/mol. The van der Waals surface area contributed by atoms with E-state index in [1.807, 2.05) is 30.3 Å². The molecule has 0 saturated heterocycles. The molecule has 2 amide bonds. The maximum Gasteiger partial charge on any atom is 0.239 e. The van der Waals surface area contributed by atoms with Crippen molar-refractivity contribution >= 4 is 23.4 Å². The zero-order chi connectivity index (χ0) is 17.5. The van der Waals surface area contributed by atoms with Crippen molar-refractivity contribution in [2.75, 3.05) is 6.54 Å². The third-order valence-electron chi connectivity index (χ3n) is 6.21. The molecule has 5 rings (SSSR count). The van der Waals surface area contributed by atoms with Crippen LogP contribution in [0.3, 0.4) is 0 Å². The molecular weight excluding hydrogens is 336 g/mol. The minimum absolute atomic E-state index is 0.0292. The zero-order valence-corrected chi connectivity index (χ0v) is 15.1. The Hall–Kier alpha value is -1.55. The summed E-state index contributed by atoms with van der Waals surface area (Å²) in [5, 5.41) is 5.74. The lowest BCUT2D eigenvalue weighted by atomic mass is 9.49. The molecule has 0 aliphatic heterocycles. The average Bonchev–Trinajstić information content (AvgIpc) is 2.56. The summed E-state index contributed by atoms with van der Waals surface area (Å²) in [4.78, 5) is 24.7. The highest BCUT2D eigenvalue weighted by molar-refractivity contribution is 6.24. The molecule has 0 heterocycles. The molecule has 4 aliphatic carbocycles. The van der Waals surface area contributed by atoms with E-state index in [1.54, 1.807) is 0 Å². The van der Waals surface area contributed by atoms with Crippen LogP contribution in [0, 0.1) is 17.3 Å². The Morgan fingerprint density at radius 1 is 1.04 bits per heavy atom. The summed E-state index contributed by atoms with van der Waals surface area (Å²) in [6.07, 6.45) is 5.98. The van der Waals surface area contributed by atoms with Gasteiger partial charge in [0.1, 0.15) is 0 Å². The van der Waals surface area contributed by atoms with Gasteiger partial charge in [-0.05, 0) is 55.9 Å². The number of halogens is 1. The normalized spacial score (nSPS) is 35.4. The Kier molecular flexibility index (Phi) is 4.27. The molecule has 5 heteroatoms. The van der Waals surface area contributed by atoms with Crippen molar-refractivity contribution in [2.24, 2.45) is 17.3 Å². The molecule has 4 saturated carbocycles. The van der Waals surface area contributed by atoms with E-state index in [-0.39, 0.29) is 28.6 Å². The molecule has 134 valence electrons. The predicted molar refractivity (Wildman–Crippen MR) is 97.0 cm³/mol. The second-order valence-corrected chi connectivity index (χ2v) is 9.14. The molecule has 1 aromatic carbocycles. The number of rotatable bonds is 5. The summed E-state index contributed by atoms with van der Waals surface area (Å²) in [6.45, 7) is 0.521. The van der Waals surface area contributed by atoms with Crippen LogP contribution in [-0.4, -0.2) is 23.2 Å². The van der Waals surface area contributed by atoms with Crippen LogP contribution in [0.4, 0.5) is 0 Å². The summed E-state index contributed by atoms with van der Waals surface area (Å²) < 4.78 is 0. The highest BCUT2D eigenvalue weighted by Crippen LogP contribution is 2.63. The van der Waals surface area contributed by atoms with E-state index in [0.717, 1.165) is 37.7 Å². The van der Waals surface area contributed by atoms with Crippen molar-refractivity contribution in [1.29, 1.82) is 0 Å². The topological polar surface area (TPSA) is 58.2 Å². The molecule has 0 aromatic heterocycles. The molecule has 4 bridgehead atoms. The van der Waals surface area contributed by atoms with Gasteiger partial charge >= 0.3 is 0 Å². The fourth-order valence-electron chi connectivity index (χ4n) is 5.62. The van der Waals surface area contributed by atoms with Crippen LogP contribution in [-0.2, 0) is 16.1 Å². The molecule has 0 spiro atoms. The highest BCUT2D eigenvalue weighted by atomic mass is 35.5. The smallest absolute Gasteiger partial charge is 0.239 e. The molecule has 0 radical (unpaired) electrons. The van der Waals surface area contributed by atoms with E-state index in [0.29, 0.717) is 18.4 Å². The lowest BCUT2D eigenvalue weighted by Crippen LogP contribution is -2.59. The molecule has 25 heavy (non-hydrogen) atoms. The summed E-state index contributed by atoms with van der Waals surface area (Å²) in [6, 6.07) is 9.76. The third-order valence-corrected chi connectivity index (χ3v) is 6.66. The van der Waals surface area contributed by atoms with E-state index in [4.69, 9.17) is 11.6 Å². The standard InChI is InChI=1S/C20H25ClN2O2/c21-20-9-15-6-16(10-20)8-19(7-15,13-20)18(25)23-12-17(24)22-11-14-4-2-1-3-5-14/h1-5,15-16H,6-13H2,(H,22,24)(H,23,25)/t15-,16+,19?,20?. The number of carbonyl (C=O) groups is 2. The van der Waals surface area contributed by atoms with Gasteiger partial charge in [0, 0.05) is 11.4 Å². The van der Waals surface area contributed by atoms with Crippen molar-refractivity contribution in [3.05, 3.63) is 35.9 Å². The molecule has 4 nitrogen and oxygen atoms in total. The quantitative estimate of drug-likeness (QED) is 0.793. The maximum absolute atomic E-state index is 12.9. The maximum atomic E-state index is 12.9. The highest BCUT2D eigenvalue weighted by Gasteiger charge is 2.59. The van der Waals surface area contributed by atoms with Gasteiger partial charge in [-0.1, -0.05) is 30.3 Å². The number of hydrogen-bond acceptors (Lipinski definition) is 2. The molecule has 2 N–H and O–H groups in total. The lowest BCUT2D eigenvalue weighted by Gasteiger charge is -2.59. The van der Waals surface area contributed by atoms with Gasteiger partial charge in [0.2, 0.25) is 11.8 Å². The summed E-state index contributed by atoms with van der Waals surface area (Å²) in [5.74, 6) is 1.04. The van der Waals surface area contributed by atoms with Crippen molar-refractivity contribution in [2.45, 2.75) is 49.9 Å². The number of carbonyl (C=O) groups excluding carboxylic acids is 2. The Morgan fingerprint density at radius 3 is 2.36 bits per heavy atom. The van der Waals surface area contributed by atoms with E-state index in [1.165, 1.54) is 6.42 Å².